The van der Waals surface area contributed by atoms with Crippen LogP contribution in [0.5, 0.6) is 0 Å². The van der Waals surface area contributed by atoms with Gasteiger partial charge in [-0.3, -0.25) is 0 Å². The summed E-state index contributed by atoms with van der Waals surface area (Å²) in [5.41, 5.74) is 1.17. The molecule has 2 nitrogen and oxygen atoms in total. The van der Waals surface area contributed by atoms with E-state index in [-0.39, 0.29) is 11.2 Å². The van der Waals surface area contributed by atoms with Gasteiger partial charge in [0.2, 0.25) is 0 Å². The van der Waals surface area contributed by atoms with Crippen LogP contribution in [0, 0.1) is 5.92 Å². The molecule has 3 heteroatoms. The molecule has 2 atom stereocenters. The summed E-state index contributed by atoms with van der Waals surface area (Å²) in [4.78, 5) is 0. The van der Waals surface area contributed by atoms with Crippen molar-refractivity contribution in [2.45, 2.75) is 58.3 Å². The second-order valence-electron chi connectivity index (χ2n) is 6.87. The molecule has 1 fully saturated rings. The Morgan fingerprint density at radius 1 is 1.35 bits per heavy atom. The standard InChI is InChI=1S/C17H26BrNO/c1-6-19-15(12-8-7-9-13(18)10-12)14-11-16(2,3)20-17(14,4)5/h7-10,14-15,19H,6,11H2,1-5H3. The van der Waals surface area contributed by atoms with Gasteiger partial charge in [-0.05, 0) is 58.4 Å². The van der Waals surface area contributed by atoms with Gasteiger partial charge >= 0.3 is 0 Å². The molecule has 20 heavy (non-hydrogen) atoms. The Labute approximate surface area is 131 Å². The summed E-state index contributed by atoms with van der Waals surface area (Å²) in [6, 6.07) is 8.94. The van der Waals surface area contributed by atoms with Gasteiger partial charge in [-0.25, -0.2) is 0 Å². The van der Waals surface area contributed by atoms with Crippen LogP contribution < -0.4 is 5.32 Å². The molecule has 2 unspecified atom stereocenters. The van der Waals surface area contributed by atoms with Crippen molar-refractivity contribution in [3.05, 3.63) is 34.3 Å². The molecule has 0 radical (unpaired) electrons. The van der Waals surface area contributed by atoms with Gasteiger partial charge in [0.05, 0.1) is 11.2 Å². The zero-order valence-electron chi connectivity index (χ0n) is 13.2. The van der Waals surface area contributed by atoms with Gasteiger partial charge in [-0.15, -0.1) is 0 Å². The minimum Gasteiger partial charge on any atom is -0.369 e. The summed E-state index contributed by atoms with van der Waals surface area (Å²) in [5.74, 6) is 0.465. The van der Waals surface area contributed by atoms with E-state index in [2.05, 4.69) is 80.1 Å². The van der Waals surface area contributed by atoms with Gasteiger partial charge in [-0.1, -0.05) is 35.0 Å². The van der Waals surface area contributed by atoms with Crippen LogP contribution in [0.2, 0.25) is 0 Å². The molecule has 1 aromatic carbocycles. The average molecular weight is 340 g/mol. The Morgan fingerprint density at radius 3 is 2.55 bits per heavy atom. The highest BCUT2D eigenvalue weighted by atomic mass is 79.9. The largest absolute Gasteiger partial charge is 0.369 e. The monoisotopic (exact) mass is 339 g/mol. The predicted molar refractivity (Wildman–Crippen MR) is 87.9 cm³/mol. The van der Waals surface area contributed by atoms with E-state index < -0.39 is 0 Å². The highest BCUT2D eigenvalue weighted by Crippen LogP contribution is 2.47. The Hall–Kier alpha value is -0.380. The lowest BCUT2D eigenvalue weighted by atomic mass is 9.79. The van der Waals surface area contributed by atoms with Gasteiger partial charge in [0.1, 0.15) is 0 Å². The quantitative estimate of drug-likeness (QED) is 0.858. The first kappa shape index (κ1) is 16.0. The SMILES string of the molecule is CCNC(c1cccc(Br)c1)C1CC(C)(C)OC1(C)C. The van der Waals surface area contributed by atoms with E-state index in [4.69, 9.17) is 4.74 Å². The van der Waals surface area contributed by atoms with Crippen LogP contribution in [0.25, 0.3) is 0 Å². The first-order valence-electron chi connectivity index (χ1n) is 7.44. The molecular weight excluding hydrogens is 314 g/mol. The van der Waals surface area contributed by atoms with E-state index >= 15 is 0 Å². The number of nitrogens with one attached hydrogen (secondary N) is 1. The van der Waals surface area contributed by atoms with Gasteiger partial charge in [-0.2, -0.15) is 0 Å². The molecule has 1 heterocycles. The second-order valence-corrected chi connectivity index (χ2v) is 7.78. The van der Waals surface area contributed by atoms with E-state index in [1.165, 1.54) is 5.56 Å². The summed E-state index contributed by atoms with van der Waals surface area (Å²) in [5, 5.41) is 3.66. The van der Waals surface area contributed by atoms with Gasteiger partial charge in [0.15, 0.2) is 0 Å². The highest BCUT2D eigenvalue weighted by Gasteiger charge is 2.49. The topological polar surface area (TPSA) is 21.3 Å². The van der Waals surface area contributed by atoms with Crippen LogP contribution in [-0.4, -0.2) is 17.7 Å². The van der Waals surface area contributed by atoms with Gasteiger partial charge in [0, 0.05) is 16.4 Å². The lowest BCUT2D eigenvalue weighted by Gasteiger charge is -2.34. The maximum atomic E-state index is 6.28. The average Bonchev–Trinajstić information content (AvgIpc) is 2.54. The summed E-state index contributed by atoms with van der Waals surface area (Å²) in [6.07, 6.45) is 1.07. The van der Waals surface area contributed by atoms with Crippen molar-refractivity contribution in [3.63, 3.8) is 0 Å². The van der Waals surface area contributed by atoms with Crippen molar-refractivity contribution in [3.8, 4) is 0 Å². The van der Waals surface area contributed by atoms with Crippen molar-refractivity contribution in [1.29, 1.82) is 0 Å². The minimum absolute atomic E-state index is 0.0478. The predicted octanol–water partition coefficient (Wildman–Crippen LogP) is 4.69. The van der Waals surface area contributed by atoms with E-state index in [0.717, 1.165) is 17.4 Å². The molecule has 0 bridgehead atoms. The van der Waals surface area contributed by atoms with Crippen molar-refractivity contribution < 1.29 is 4.74 Å². The third-order valence-corrected chi connectivity index (χ3v) is 4.67. The molecule has 2 rings (SSSR count). The molecule has 112 valence electrons. The van der Waals surface area contributed by atoms with Crippen LogP contribution in [0.1, 0.15) is 52.6 Å². The van der Waals surface area contributed by atoms with Crippen molar-refractivity contribution in [1.82, 2.24) is 5.32 Å². The second kappa shape index (κ2) is 5.78. The molecular formula is C17H26BrNO. The molecule has 1 aliphatic rings. The smallest absolute Gasteiger partial charge is 0.0681 e. The summed E-state index contributed by atoms with van der Waals surface area (Å²) < 4.78 is 7.41. The number of rotatable bonds is 4. The molecule has 1 aromatic rings. The fraction of sp³-hybridized carbons (Fsp3) is 0.647. The molecule has 1 saturated heterocycles. The van der Waals surface area contributed by atoms with Crippen LogP contribution in [-0.2, 0) is 4.74 Å². The van der Waals surface area contributed by atoms with Crippen LogP contribution in [0.3, 0.4) is 0 Å². The lowest BCUT2D eigenvalue weighted by Crippen LogP contribution is -2.38. The zero-order valence-corrected chi connectivity index (χ0v) is 14.8. The Morgan fingerprint density at radius 2 is 2.05 bits per heavy atom. The molecule has 1 N–H and O–H groups in total. The number of hydrogen-bond donors (Lipinski definition) is 1. The van der Waals surface area contributed by atoms with Crippen molar-refractivity contribution in [2.75, 3.05) is 6.54 Å². The number of hydrogen-bond acceptors (Lipinski definition) is 2. The Kier molecular flexibility index (Phi) is 4.63. The van der Waals surface area contributed by atoms with Crippen molar-refractivity contribution in [2.24, 2.45) is 5.92 Å². The first-order valence-corrected chi connectivity index (χ1v) is 8.23. The minimum atomic E-state index is -0.112. The fourth-order valence-corrected chi connectivity index (χ4v) is 3.95. The van der Waals surface area contributed by atoms with E-state index in [0.29, 0.717) is 12.0 Å². The summed E-state index contributed by atoms with van der Waals surface area (Å²) >= 11 is 3.58. The van der Waals surface area contributed by atoms with Gasteiger partial charge in [0.25, 0.3) is 0 Å². The molecule has 0 amide bonds. The Bertz CT molecular complexity index is 470. The number of ether oxygens (including phenoxy) is 1. The van der Waals surface area contributed by atoms with Crippen molar-refractivity contribution >= 4 is 15.9 Å². The fourth-order valence-electron chi connectivity index (χ4n) is 3.54. The molecule has 0 saturated carbocycles. The first-order chi connectivity index (χ1) is 9.25. The maximum Gasteiger partial charge on any atom is 0.0681 e. The third kappa shape index (κ3) is 3.44. The highest BCUT2D eigenvalue weighted by molar-refractivity contribution is 9.10. The molecule has 1 aliphatic heterocycles. The number of benzene rings is 1. The molecule has 0 aromatic heterocycles. The van der Waals surface area contributed by atoms with E-state index in [1.54, 1.807) is 0 Å². The third-order valence-electron chi connectivity index (χ3n) is 4.18. The summed E-state index contributed by atoms with van der Waals surface area (Å²) in [7, 11) is 0. The van der Waals surface area contributed by atoms with Crippen LogP contribution >= 0.6 is 15.9 Å². The zero-order chi connectivity index (χ0) is 15.0. The van der Waals surface area contributed by atoms with Crippen LogP contribution in [0.15, 0.2) is 28.7 Å². The molecule has 0 aliphatic carbocycles. The van der Waals surface area contributed by atoms with E-state index in [1.807, 2.05) is 0 Å². The lowest BCUT2D eigenvalue weighted by molar-refractivity contribution is -0.0778. The normalized spacial score (nSPS) is 25.6. The Balaban J connectivity index is 2.34. The molecule has 0 spiro atoms. The maximum absolute atomic E-state index is 6.28. The number of halogens is 1. The van der Waals surface area contributed by atoms with E-state index in [9.17, 15) is 0 Å². The van der Waals surface area contributed by atoms with Gasteiger partial charge < -0.3 is 10.1 Å². The van der Waals surface area contributed by atoms with Crippen LogP contribution in [0.4, 0.5) is 0 Å². The summed E-state index contributed by atoms with van der Waals surface area (Å²) in [6.45, 7) is 11.9.